The zero-order valence-electron chi connectivity index (χ0n) is 10.5. The SMILES string of the molecule is CSc1ccccc1Oc1cc(Cl)nc(C2CC2)n1. The molecule has 0 bridgehead atoms. The molecule has 1 saturated carbocycles. The van der Waals surface area contributed by atoms with Crippen LogP contribution in [-0.2, 0) is 0 Å². The van der Waals surface area contributed by atoms with Crippen molar-refractivity contribution in [3.8, 4) is 11.6 Å². The van der Waals surface area contributed by atoms with Crippen molar-refractivity contribution in [2.45, 2.75) is 23.7 Å². The number of thioether (sulfide) groups is 1. The van der Waals surface area contributed by atoms with E-state index in [0.29, 0.717) is 17.0 Å². The van der Waals surface area contributed by atoms with Crippen LogP contribution in [0.25, 0.3) is 0 Å². The first-order valence-electron chi connectivity index (χ1n) is 6.11. The Labute approximate surface area is 121 Å². The molecule has 0 spiro atoms. The summed E-state index contributed by atoms with van der Waals surface area (Å²) in [6, 6.07) is 9.54. The van der Waals surface area contributed by atoms with Gasteiger partial charge in [-0.3, -0.25) is 0 Å². The largest absolute Gasteiger partial charge is 0.438 e. The summed E-state index contributed by atoms with van der Waals surface area (Å²) in [5.41, 5.74) is 0. The lowest BCUT2D eigenvalue weighted by molar-refractivity contribution is 0.448. The Morgan fingerprint density at radius 1 is 1.26 bits per heavy atom. The first-order chi connectivity index (χ1) is 9.26. The maximum atomic E-state index is 6.03. The molecule has 1 aliphatic carbocycles. The highest BCUT2D eigenvalue weighted by Gasteiger charge is 2.27. The van der Waals surface area contributed by atoms with Gasteiger partial charge in [0.05, 0.1) is 0 Å². The molecular formula is C14H13ClN2OS. The van der Waals surface area contributed by atoms with Gasteiger partial charge in [-0.1, -0.05) is 23.7 Å². The Balaban J connectivity index is 1.90. The van der Waals surface area contributed by atoms with Gasteiger partial charge < -0.3 is 4.74 Å². The third kappa shape index (κ3) is 3.01. The molecule has 5 heteroatoms. The van der Waals surface area contributed by atoms with Crippen LogP contribution in [0.5, 0.6) is 11.6 Å². The third-order valence-corrected chi connectivity index (χ3v) is 3.89. The van der Waals surface area contributed by atoms with Gasteiger partial charge in [0.25, 0.3) is 0 Å². The van der Waals surface area contributed by atoms with Crippen molar-refractivity contribution in [1.29, 1.82) is 0 Å². The lowest BCUT2D eigenvalue weighted by atomic mass is 10.3. The number of aromatic nitrogens is 2. The maximum absolute atomic E-state index is 6.03. The zero-order chi connectivity index (χ0) is 13.2. The molecule has 0 N–H and O–H groups in total. The molecule has 0 aliphatic heterocycles. The Bertz CT molecular complexity index is 602. The number of nitrogens with zero attached hydrogens (tertiary/aromatic N) is 2. The second-order valence-electron chi connectivity index (χ2n) is 4.41. The van der Waals surface area contributed by atoms with E-state index in [1.165, 1.54) is 0 Å². The van der Waals surface area contributed by atoms with E-state index in [9.17, 15) is 0 Å². The molecule has 1 aromatic carbocycles. The summed E-state index contributed by atoms with van der Waals surface area (Å²) in [6.07, 6.45) is 4.30. The molecule has 3 nitrogen and oxygen atoms in total. The van der Waals surface area contributed by atoms with Gasteiger partial charge in [0.2, 0.25) is 5.88 Å². The first-order valence-corrected chi connectivity index (χ1v) is 7.72. The number of benzene rings is 1. The highest BCUT2D eigenvalue weighted by atomic mass is 35.5. The van der Waals surface area contributed by atoms with E-state index >= 15 is 0 Å². The average Bonchev–Trinajstić information content (AvgIpc) is 3.23. The quantitative estimate of drug-likeness (QED) is 0.613. The van der Waals surface area contributed by atoms with Crippen LogP contribution in [0.4, 0.5) is 0 Å². The van der Waals surface area contributed by atoms with Crippen molar-refractivity contribution < 1.29 is 4.74 Å². The van der Waals surface area contributed by atoms with Crippen LogP contribution in [0, 0.1) is 0 Å². The van der Waals surface area contributed by atoms with Gasteiger partial charge in [-0.05, 0) is 31.2 Å². The Morgan fingerprint density at radius 3 is 2.79 bits per heavy atom. The topological polar surface area (TPSA) is 35.0 Å². The summed E-state index contributed by atoms with van der Waals surface area (Å²) in [4.78, 5) is 9.76. The smallest absolute Gasteiger partial charge is 0.224 e. The fraction of sp³-hybridized carbons (Fsp3) is 0.286. The van der Waals surface area contributed by atoms with Crippen LogP contribution in [0.2, 0.25) is 5.15 Å². The van der Waals surface area contributed by atoms with Crippen LogP contribution < -0.4 is 4.74 Å². The average molecular weight is 293 g/mol. The molecule has 1 aromatic heterocycles. The van der Waals surface area contributed by atoms with Crippen molar-refractivity contribution in [3.63, 3.8) is 0 Å². The summed E-state index contributed by atoms with van der Waals surface area (Å²) >= 11 is 7.67. The van der Waals surface area contributed by atoms with Crippen molar-refractivity contribution in [3.05, 3.63) is 41.3 Å². The van der Waals surface area contributed by atoms with Crippen LogP contribution in [0.15, 0.2) is 35.2 Å². The zero-order valence-corrected chi connectivity index (χ0v) is 12.0. The summed E-state index contributed by atoms with van der Waals surface area (Å²) < 4.78 is 5.84. The minimum Gasteiger partial charge on any atom is -0.438 e. The number of hydrogen-bond donors (Lipinski definition) is 0. The van der Waals surface area contributed by atoms with Crippen LogP contribution in [-0.4, -0.2) is 16.2 Å². The van der Waals surface area contributed by atoms with Gasteiger partial charge in [0.1, 0.15) is 16.7 Å². The van der Waals surface area contributed by atoms with Crippen molar-refractivity contribution in [2.75, 3.05) is 6.26 Å². The van der Waals surface area contributed by atoms with Gasteiger partial charge in [-0.25, -0.2) is 4.98 Å². The van der Waals surface area contributed by atoms with Crippen LogP contribution in [0.1, 0.15) is 24.6 Å². The molecule has 3 rings (SSSR count). The molecule has 0 amide bonds. The molecule has 0 unspecified atom stereocenters. The van der Waals surface area contributed by atoms with Gasteiger partial charge in [-0.15, -0.1) is 11.8 Å². The molecule has 0 atom stereocenters. The van der Waals surface area contributed by atoms with E-state index < -0.39 is 0 Å². The van der Waals surface area contributed by atoms with Gasteiger partial charge in [0, 0.05) is 16.9 Å². The molecule has 1 fully saturated rings. The molecule has 98 valence electrons. The predicted octanol–water partition coefficient (Wildman–Crippen LogP) is 4.52. The Kier molecular flexibility index (Phi) is 3.62. The van der Waals surface area contributed by atoms with E-state index in [0.717, 1.165) is 29.3 Å². The minimum atomic E-state index is 0.438. The summed E-state index contributed by atoms with van der Waals surface area (Å²) in [6.45, 7) is 0. The minimum absolute atomic E-state index is 0.438. The molecule has 0 saturated heterocycles. The maximum Gasteiger partial charge on any atom is 0.224 e. The number of hydrogen-bond acceptors (Lipinski definition) is 4. The van der Waals surface area contributed by atoms with E-state index in [4.69, 9.17) is 16.3 Å². The Hall–Kier alpha value is -1.26. The monoisotopic (exact) mass is 292 g/mol. The second kappa shape index (κ2) is 5.39. The molecule has 0 radical (unpaired) electrons. The highest BCUT2D eigenvalue weighted by Crippen LogP contribution is 2.39. The lowest BCUT2D eigenvalue weighted by Gasteiger charge is -2.09. The van der Waals surface area contributed by atoms with Gasteiger partial charge >= 0.3 is 0 Å². The fourth-order valence-electron chi connectivity index (χ4n) is 1.81. The van der Waals surface area contributed by atoms with Gasteiger partial charge in [0.15, 0.2) is 0 Å². The highest BCUT2D eigenvalue weighted by molar-refractivity contribution is 7.98. The van der Waals surface area contributed by atoms with E-state index in [2.05, 4.69) is 9.97 Å². The first kappa shape index (κ1) is 12.8. The molecule has 1 heterocycles. The predicted molar refractivity (Wildman–Crippen MR) is 77.3 cm³/mol. The normalized spacial score (nSPS) is 14.4. The van der Waals surface area contributed by atoms with Crippen molar-refractivity contribution in [1.82, 2.24) is 9.97 Å². The van der Waals surface area contributed by atoms with E-state index in [1.54, 1.807) is 17.8 Å². The number of para-hydroxylation sites is 1. The Morgan fingerprint density at radius 2 is 2.05 bits per heavy atom. The van der Waals surface area contributed by atoms with E-state index in [-0.39, 0.29) is 0 Å². The van der Waals surface area contributed by atoms with Crippen molar-refractivity contribution >= 4 is 23.4 Å². The molecule has 19 heavy (non-hydrogen) atoms. The van der Waals surface area contributed by atoms with E-state index in [1.807, 2.05) is 30.5 Å². The fourth-order valence-corrected chi connectivity index (χ4v) is 2.51. The lowest BCUT2D eigenvalue weighted by Crippen LogP contribution is -1.96. The van der Waals surface area contributed by atoms with Crippen LogP contribution in [0.3, 0.4) is 0 Å². The number of rotatable bonds is 4. The van der Waals surface area contributed by atoms with Crippen LogP contribution >= 0.6 is 23.4 Å². The summed E-state index contributed by atoms with van der Waals surface area (Å²) in [7, 11) is 0. The molecular weight excluding hydrogens is 280 g/mol. The third-order valence-electron chi connectivity index (χ3n) is 2.91. The molecule has 2 aromatic rings. The second-order valence-corrected chi connectivity index (χ2v) is 5.65. The standard InChI is InChI=1S/C14H13ClN2OS/c1-19-11-5-3-2-4-10(11)18-13-8-12(15)16-14(17-13)9-6-7-9/h2-5,8-9H,6-7H2,1H3. The number of ether oxygens (including phenoxy) is 1. The van der Waals surface area contributed by atoms with Gasteiger partial charge in [-0.2, -0.15) is 4.98 Å². The number of halogens is 1. The summed E-state index contributed by atoms with van der Waals surface area (Å²) in [5.74, 6) is 2.57. The molecule has 1 aliphatic rings. The summed E-state index contributed by atoms with van der Waals surface area (Å²) in [5, 5.41) is 0.438. The van der Waals surface area contributed by atoms with Crippen molar-refractivity contribution in [2.24, 2.45) is 0 Å².